The number of aliphatic imine (C=N–C) groups is 1. The molecule has 0 aromatic heterocycles. The van der Waals surface area contributed by atoms with E-state index in [-0.39, 0.29) is 34.4 Å². The molecule has 0 radical (unpaired) electrons. The Morgan fingerprint density at radius 3 is 2.24 bits per heavy atom. The molecule has 0 unspecified atom stereocenters. The molecule has 0 fully saturated rings. The van der Waals surface area contributed by atoms with Gasteiger partial charge in [-0.2, -0.15) is 15.8 Å². The SMILES string of the molecule is Cc1ccc(S(=O)(=O)/C(C#N)=C2\NC(C#N)=C(C#N)N=C2Cl)cc1.Cl. The first kappa shape index (κ1) is 20.2. The molecule has 7 nitrogen and oxygen atoms in total. The Morgan fingerprint density at radius 1 is 1.16 bits per heavy atom. The van der Waals surface area contributed by atoms with Crippen molar-refractivity contribution in [2.75, 3.05) is 0 Å². The summed E-state index contributed by atoms with van der Waals surface area (Å²) < 4.78 is 25.3. The van der Waals surface area contributed by atoms with Gasteiger partial charge >= 0.3 is 0 Å². The Bertz CT molecular complexity index is 1030. The van der Waals surface area contributed by atoms with Crippen molar-refractivity contribution < 1.29 is 8.42 Å². The number of nitrogens with zero attached hydrogens (tertiary/aromatic N) is 4. The summed E-state index contributed by atoms with van der Waals surface area (Å²) in [6.07, 6.45) is 0. The summed E-state index contributed by atoms with van der Waals surface area (Å²) in [6.45, 7) is 1.79. The van der Waals surface area contributed by atoms with Crippen molar-refractivity contribution in [1.82, 2.24) is 5.32 Å². The molecule has 0 bridgehead atoms. The van der Waals surface area contributed by atoms with Crippen LogP contribution in [0.4, 0.5) is 0 Å². The molecule has 0 amide bonds. The lowest BCUT2D eigenvalue weighted by molar-refractivity contribution is 0.602. The van der Waals surface area contributed by atoms with Gasteiger partial charge in [-0.3, -0.25) is 0 Å². The molecule has 1 aromatic carbocycles. The number of rotatable bonds is 2. The van der Waals surface area contributed by atoms with Crippen LogP contribution in [-0.4, -0.2) is 13.6 Å². The number of nitrogens with one attached hydrogen (secondary N) is 1. The van der Waals surface area contributed by atoms with Gasteiger partial charge < -0.3 is 5.32 Å². The molecule has 1 N–H and O–H groups in total. The Hall–Kier alpha value is -2.83. The maximum Gasteiger partial charge on any atom is 0.218 e. The predicted molar refractivity (Wildman–Crippen MR) is 92.9 cm³/mol. The molecule has 126 valence electrons. The van der Waals surface area contributed by atoms with Crippen LogP contribution in [0.3, 0.4) is 0 Å². The van der Waals surface area contributed by atoms with Crippen LogP contribution in [0.2, 0.25) is 0 Å². The second kappa shape index (κ2) is 7.83. The molecule has 10 heteroatoms. The summed E-state index contributed by atoms with van der Waals surface area (Å²) >= 11 is 5.89. The predicted octanol–water partition coefficient (Wildman–Crippen LogP) is 2.42. The molecule has 25 heavy (non-hydrogen) atoms. The van der Waals surface area contributed by atoms with Gasteiger partial charge in [-0.15, -0.1) is 12.4 Å². The minimum absolute atomic E-state index is 0. The van der Waals surface area contributed by atoms with E-state index in [0.29, 0.717) is 0 Å². The molecule has 1 aliphatic heterocycles. The fourth-order valence-corrected chi connectivity index (χ4v) is 3.39. The van der Waals surface area contributed by atoms with Crippen molar-refractivity contribution in [2.24, 2.45) is 4.99 Å². The molecule has 0 atom stereocenters. The zero-order valence-electron chi connectivity index (χ0n) is 12.6. The van der Waals surface area contributed by atoms with Crippen LogP contribution in [0.15, 0.2) is 56.1 Å². The third kappa shape index (κ3) is 3.81. The van der Waals surface area contributed by atoms with E-state index in [1.165, 1.54) is 12.1 Å². The maximum absolute atomic E-state index is 12.7. The van der Waals surface area contributed by atoms with Gasteiger partial charge in [0, 0.05) is 0 Å². The molecule has 0 saturated heterocycles. The highest BCUT2D eigenvalue weighted by Gasteiger charge is 2.30. The third-order valence-corrected chi connectivity index (χ3v) is 5.05. The van der Waals surface area contributed by atoms with Gasteiger partial charge in [0.25, 0.3) is 0 Å². The summed E-state index contributed by atoms with van der Waals surface area (Å²) in [5.41, 5.74) is -0.0702. The van der Waals surface area contributed by atoms with Crippen LogP contribution in [0.5, 0.6) is 0 Å². The summed E-state index contributed by atoms with van der Waals surface area (Å²) in [4.78, 5) is 2.88. The van der Waals surface area contributed by atoms with Crippen molar-refractivity contribution in [2.45, 2.75) is 11.8 Å². The van der Waals surface area contributed by atoms with E-state index in [2.05, 4.69) is 10.3 Å². The molecule has 2 rings (SSSR count). The number of benzene rings is 1. The summed E-state index contributed by atoms with van der Waals surface area (Å²) in [5.74, 6) is 0. The lowest BCUT2D eigenvalue weighted by Crippen LogP contribution is -2.26. The van der Waals surface area contributed by atoms with E-state index in [1.807, 2.05) is 0 Å². The van der Waals surface area contributed by atoms with Gasteiger partial charge in [-0.05, 0) is 19.1 Å². The summed E-state index contributed by atoms with van der Waals surface area (Å²) in [6, 6.07) is 10.8. The Morgan fingerprint density at radius 2 is 1.76 bits per heavy atom. The fourth-order valence-electron chi connectivity index (χ4n) is 1.84. The average molecular weight is 394 g/mol. The van der Waals surface area contributed by atoms with Crippen molar-refractivity contribution in [3.8, 4) is 18.2 Å². The smallest absolute Gasteiger partial charge is 0.218 e. The Balaban J connectivity index is 0.00000312. The van der Waals surface area contributed by atoms with Gasteiger partial charge in [0.2, 0.25) is 9.84 Å². The largest absolute Gasteiger partial charge is 0.340 e. The highest BCUT2D eigenvalue weighted by atomic mass is 35.5. The standard InChI is InChI=1S/C15H8ClN5O2S.ClH/c1-9-2-4-10(5-3-9)24(22,23)13(8-19)14-15(16)21-12(7-18)11(6-17)20-14;/h2-5,20H,1H3;1H/b14-13-;. The number of halogens is 2. The number of aryl methyl sites for hydroxylation is 1. The van der Waals surface area contributed by atoms with Crippen LogP contribution in [-0.2, 0) is 9.84 Å². The lowest BCUT2D eigenvalue weighted by Gasteiger charge is -2.15. The van der Waals surface area contributed by atoms with E-state index < -0.39 is 19.9 Å². The summed E-state index contributed by atoms with van der Waals surface area (Å²) in [5, 5.41) is 29.2. The van der Waals surface area contributed by atoms with E-state index in [4.69, 9.17) is 22.1 Å². The molecular weight excluding hydrogens is 385 g/mol. The highest BCUT2D eigenvalue weighted by Crippen LogP contribution is 2.26. The van der Waals surface area contributed by atoms with Gasteiger partial charge in [-0.25, -0.2) is 13.4 Å². The summed E-state index contributed by atoms with van der Waals surface area (Å²) in [7, 11) is -4.18. The van der Waals surface area contributed by atoms with Crippen molar-refractivity contribution >= 4 is 39.0 Å². The third-order valence-electron chi connectivity index (χ3n) is 3.05. The monoisotopic (exact) mass is 393 g/mol. The zero-order chi connectivity index (χ0) is 17.9. The minimum atomic E-state index is -4.18. The highest BCUT2D eigenvalue weighted by molar-refractivity contribution is 7.95. The second-order valence-corrected chi connectivity index (χ2v) is 6.85. The molecule has 0 saturated carbocycles. The molecular formula is C15H9Cl2N5O2S. The lowest BCUT2D eigenvalue weighted by atomic mass is 10.2. The minimum Gasteiger partial charge on any atom is -0.340 e. The fraction of sp³-hybridized carbons (Fsp3) is 0.0667. The zero-order valence-corrected chi connectivity index (χ0v) is 15.0. The first-order valence-corrected chi connectivity index (χ1v) is 8.23. The van der Waals surface area contributed by atoms with Crippen molar-refractivity contribution in [3.63, 3.8) is 0 Å². The quantitative estimate of drug-likeness (QED) is 0.767. The molecule has 1 aromatic rings. The number of nitriles is 3. The molecule has 1 heterocycles. The second-order valence-electron chi connectivity index (χ2n) is 4.61. The first-order chi connectivity index (χ1) is 11.3. The normalized spacial score (nSPS) is 15.6. The molecule has 0 spiro atoms. The molecule has 0 aliphatic carbocycles. The van der Waals surface area contributed by atoms with Gasteiger partial charge in [0.1, 0.15) is 23.9 Å². The van der Waals surface area contributed by atoms with Crippen LogP contribution >= 0.6 is 24.0 Å². The van der Waals surface area contributed by atoms with Crippen LogP contribution in [0, 0.1) is 40.9 Å². The van der Waals surface area contributed by atoms with Crippen molar-refractivity contribution in [3.05, 3.63) is 51.8 Å². The van der Waals surface area contributed by atoms with Crippen LogP contribution in [0.25, 0.3) is 0 Å². The van der Waals surface area contributed by atoms with Gasteiger partial charge in [-0.1, -0.05) is 29.3 Å². The Kier molecular flexibility index (Phi) is 6.33. The Labute approximate surface area is 155 Å². The molecule has 1 aliphatic rings. The number of hydrogen-bond donors (Lipinski definition) is 1. The number of hydrogen-bond acceptors (Lipinski definition) is 7. The van der Waals surface area contributed by atoms with Gasteiger partial charge in [0.15, 0.2) is 21.5 Å². The average Bonchev–Trinajstić information content (AvgIpc) is 2.56. The van der Waals surface area contributed by atoms with E-state index in [1.54, 1.807) is 37.3 Å². The topological polar surface area (TPSA) is 130 Å². The first-order valence-electron chi connectivity index (χ1n) is 6.37. The maximum atomic E-state index is 12.7. The van der Waals surface area contributed by atoms with Crippen LogP contribution < -0.4 is 5.32 Å². The van der Waals surface area contributed by atoms with E-state index in [9.17, 15) is 13.7 Å². The van der Waals surface area contributed by atoms with E-state index in [0.717, 1.165) is 5.56 Å². The van der Waals surface area contributed by atoms with Gasteiger partial charge in [0.05, 0.1) is 4.90 Å². The van der Waals surface area contributed by atoms with Crippen molar-refractivity contribution in [1.29, 1.82) is 15.8 Å². The van der Waals surface area contributed by atoms with E-state index >= 15 is 0 Å². The number of sulfone groups is 1. The number of allylic oxidation sites excluding steroid dienone is 4. The van der Waals surface area contributed by atoms with Crippen LogP contribution in [0.1, 0.15) is 5.56 Å².